The van der Waals surface area contributed by atoms with Crippen molar-refractivity contribution in [2.24, 2.45) is 0 Å². The molecule has 0 aliphatic carbocycles. The second-order valence-electron chi connectivity index (χ2n) is 7.78. The minimum Gasteiger partial charge on any atom is -0.495 e. The van der Waals surface area contributed by atoms with Gasteiger partial charge in [-0.15, -0.1) is 0 Å². The van der Waals surface area contributed by atoms with Crippen LogP contribution < -0.4 is 14.4 Å². The lowest BCUT2D eigenvalue weighted by Crippen LogP contribution is -2.54. The van der Waals surface area contributed by atoms with E-state index >= 15 is 0 Å². The number of piperidine rings is 2. The number of likely N-dealkylation sites (tertiary alicyclic amines) is 1. The molecule has 2 aliphatic heterocycles. The van der Waals surface area contributed by atoms with Gasteiger partial charge in [0.25, 0.3) is 0 Å². The standard InChI is InChI=1S/C22H35N3O4S/c1-23-30-21-9-6-12-25(22(26)16-27-2)19(21)15-29-17-10-13-24(14-11-17)18-7-4-5-8-20(18)28-3/h4-5,7-8,17,19,21,23H,6,9-16H2,1-3H3. The monoisotopic (exact) mass is 437 g/mol. The van der Waals surface area contributed by atoms with Crippen LogP contribution in [0.2, 0.25) is 0 Å². The molecule has 8 heteroatoms. The van der Waals surface area contributed by atoms with Gasteiger partial charge in [0.15, 0.2) is 0 Å². The summed E-state index contributed by atoms with van der Waals surface area (Å²) in [6.07, 6.45) is 4.27. The smallest absolute Gasteiger partial charge is 0.248 e. The lowest BCUT2D eigenvalue weighted by Gasteiger charge is -2.42. The first kappa shape index (κ1) is 23.2. The number of nitrogens with one attached hydrogen (secondary N) is 1. The van der Waals surface area contributed by atoms with Gasteiger partial charge < -0.3 is 24.0 Å². The summed E-state index contributed by atoms with van der Waals surface area (Å²) in [5, 5.41) is 0.332. The van der Waals surface area contributed by atoms with Gasteiger partial charge in [-0.2, -0.15) is 0 Å². The molecule has 2 aliphatic rings. The minimum absolute atomic E-state index is 0.0542. The van der Waals surface area contributed by atoms with Crippen molar-refractivity contribution in [3.05, 3.63) is 24.3 Å². The summed E-state index contributed by atoms with van der Waals surface area (Å²) >= 11 is 1.70. The summed E-state index contributed by atoms with van der Waals surface area (Å²) < 4.78 is 20.2. The Morgan fingerprint density at radius 3 is 2.63 bits per heavy atom. The number of hydrogen-bond donors (Lipinski definition) is 1. The number of methoxy groups -OCH3 is 2. The highest BCUT2D eigenvalue weighted by molar-refractivity contribution is 7.98. The van der Waals surface area contributed by atoms with E-state index in [1.807, 2.05) is 24.1 Å². The maximum atomic E-state index is 12.6. The Morgan fingerprint density at radius 1 is 1.17 bits per heavy atom. The topological polar surface area (TPSA) is 63.3 Å². The first-order valence-electron chi connectivity index (χ1n) is 10.8. The van der Waals surface area contributed by atoms with Gasteiger partial charge >= 0.3 is 0 Å². The van der Waals surface area contributed by atoms with Crippen LogP contribution in [0.1, 0.15) is 25.7 Å². The Labute approximate surface area is 184 Å². The average Bonchev–Trinajstić information content (AvgIpc) is 2.78. The number of rotatable bonds is 9. The number of ether oxygens (including phenoxy) is 3. The molecule has 2 atom stereocenters. The van der Waals surface area contributed by atoms with E-state index in [2.05, 4.69) is 21.8 Å². The van der Waals surface area contributed by atoms with Crippen LogP contribution in [0, 0.1) is 0 Å². The Hall–Kier alpha value is -1.48. The van der Waals surface area contributed by atoms with E-state index in [1.165, 1.54) is 0 Å². The molecule has 0 bridgehead atoms. The molecule has 0 spiro atoms. The predicted octanol–water partition coefficient (Wildman–Crippen LogP) is 2.55. The largest absolute Gasteiger partial charge is 0.495 e. The zero-order valence-corrected chi connectivity index (χ0v) is 19.2. The Bertz CT molecular complexity index is 668. The van der Waals surface area contributed by atoms with Crippen LogP contribution >= 0.6 is 11.9 Å². The first-order chi connectivity index (χ1) is 14.7. The van der Waals surface area contributed by atoms with Crippen molar-refractivity contribution in [2.45, 2.75) is 43.1 Å². The number of carbonyl (C=O) groups is 1. The van der Waals surface area contributed by atoms with Gasteiger partial charge in [-0.1, -0.05) is 24.1 Å². The highest BCUT2D eigenvalue weighted by Crippen LogP contribution is 2.31. The Morgan fingerprint density at radius 2 is 1.93 bits per heavy atom. The SMILES string of the molecule is CNSC1CCCN(C(=O)COC)C1COC1CCN(c2ccccc2OC)CC1. The third-order valence-corrected chi connectivity index (χ3v) is 7.03. The molecule has 30 heavy (non-hydrogen) atoms. The van der Waals surface area contributed by atoms with Crippen LogP contribution in [0.5, 0.6) is 5.75 Å². The van der Waals surface area contributed by atoms with Gasteiger partial charge in [0.2, 0.25) is 5.91 Å². The quantitative estimate of drug-likeness (QED) is 0.596. The third kappa shape index (κ3) is 5.81. The van der Waals surface area contributed by atoms with Gasteiger partial charge in [-0.3, -0.25) is 9.52 Å². The second kappa shape index (κ2) is 11.8. The number of para-hydroxylation sites is 2. The molecule has 2 unspecified atom stereocenters. The van der Waals surface area contributed by atoms with Gasteiger partial charge in [0, 0.05) is 32.0 Å². The molecular weight excluding hydrogens is 402 g/mol. The molecule has 2 fully saturated rings. The van der Waals surface area contributed by atoms with Crippen LogP contribution in [0.15, 0.2) is 24.3 Å². The van der Waals surface area contributed by atoms with Crippen LogP contribution in [0.3, 0.4) is 0 Å². The lowest BCUT2D eigenvalue weighted by atomic mass is 10.0. The molecule has 0 radical (unpaired) electrons. The maximum Gasteiger partial charge on any atom is 0.248 e. The predicted molar refractivity (Wildman–Crippen MR) is 121 cm³/mol. The van der Waals surface area contributed by atoms with E-state index < -0.39 is 0 Å². The highest BCUT2D eigenvalue weighted by atomic mass is 32.2. The average molecular weight is 438 g/mol. The van der Waals surface area contributed by atoms with Gasteiger partial charge in [-0.05, 0) is 44.9 Å². The molecule has 1 aromatic rings. The lowest BCUT2D eigenvalue weighted by molar-refractivity contribution is -0.141. The van der Waals surface area contributed by atoms with Crippen molar-refractivity contribution in [3.8, 4) is 5.75 Å². The fourth-order valence-electron chi connectivity index (χ4n) is 4.41. The molecule has 168 valence electrons. The van der Waals surface area contributed by atoms with Crippen molar-refractivity contribution in [3.63, 3.8) is 0 Å². The summed E-state index contributed by atoms with van der Waals surface area (Å²) in [6.45, 7) is 3.37. The van der Waals surface area contributed by atoms with Crippen LogP contribution in [0.25, 0.3) is 0 Å². The number of amides is 1. The molecule has 0 saturated carbocycles. The molecule has 7 nitrogen and oxygen atoms in total. The molecule has 2 heterocycles. The van der Waals surface area contributed by atoms with Gasteiger partial charge in [0.1, 0.15) is 12.4 Å². The summed E-state index contributed by atoms with van der Waals surface area (Å²) in [5.41, 5.74) is 1.15. The van der Waals surface area contributed by atoms with Crippen LogP contribution in [0.4, 0.5) is 5.69 Å². The normalized spacial score (nSPS) is 22.9. The van der Waals surface area contributed by atoms with Crippen LogP contribution in [-0.2, 0) is 14.3 Å². The highest BCUT2D eigenvalue weighted by Gasteiger charge is 2.35. The second-order valence-corrected chi connectivity index (χ2v) is 9.03. The number of nitrogens with zero attached hydrogens (tertiary/aromatic N) is 2. The number of hydrogen-bond acceptors (Lipinski definition) is 7. The van der Waals surface area contributed by atoms with E-state index in [0.717, 1.165) is 56.8 Å². The fraction of sp³-hybridized carbons (Fsp3) is 0.682. The van der Waals surface area contributed by atoms with E-state index in [1.54, 1.807) is 26.2 Å². The minimum atomic E-state index is 0.0542. The molecule has 1 N–H and O–H groups in total. The molecule has 1 aromatic carbocycles. The van der Waals surface area contributed by atoms with Crippen LogP contribution in [-0.4, -0.2) is 82.3 Å². The number of carbonyl (C=O) groups excluding carboxylic acids is 1. The number of benzene rings is 1. The summed E-state index contributed by atoms with van der Waals surface area (Å²) in [6, 6.07) is 8.24. The van der Waals surface area contributed by atoms with Crippen molar-refractivity contribution < 1.29 is 19.0 Å². The van der Waals surface area contributed by atoms with Crippen molar-refractivity contribution in [2.75, 3.05) is 59.0 Å². The fourth-order valence-corrected chi connectivity index (χ4v) is 5.38. The Balaban J connectivity index is 1.56. The van der Waals surface area contributed by atoms with Gasteiger partial charge in [0.05, 0.1) is 31.5 Å². The molecule has 2 saturated heterocycles. The first-order valence-corrected chi connectivity index (χ1v) is 11.7. The van der Waals surface area contributed by atoms with Crippen molar-refractivity contribution in [1.29, 1.82) is 0 Å². The Kier molecular flexibility index (Phi) is 9.11. The van der Waals surface area contributed by atoms with E-state index in [9.17, 15) is 4.79 Å². The van der Waals surface area contributed by atoms with Crippen molar-refractivity contribution >= 4 is 23.5 Å². The van der Waals surface area contributed by atoms with Gasteiger partial charge in [-0.25, -0.2) is 0 Å². The third-order valence-electron chi connectivity index (χ3n) is 5.95. The zero-order chi connectivity index (χ0) is 21.3. The number of anilines is 1. The molecular formula is C22H35N3O4S. The maximum absolute atomic E-state index is 12.6. The summed E-state index contributed by atoms with van der Waals surface area (Å²) in [5.74, 6) is 0.969. The van der Waals surface area contributed by atoms with E-state index in [-0.39, 0.29) is 24.7 Å². The molecule has 0 aromatic heterocycles. The summed E-state index contributed by atoms with van der Waals surface area (Å²) in [4.78, 5) is 16.9. The molecule has 3 rings (SSSR count). The molecule has 1 amide bonds. The van der Waals surface area contributed by atoms with E-state index in [4.69, 9.17) is 14.2 Å². The zero-order valence-electron chi connectivity index (χ0n) is 18.3. The summed E-state index contributed by atoms with van der Waals surface area (Å²) in [7, 11) is 5.23. The van der Waals surface area contributed by atoms with E-state index in [0.29, 0.717) is 11.9 Å². The van der Waals surface area contributed by atoms with Crippen molar-refractivity contribution in [1.82, 2.24) is 9.62 Å².